The van der Waals surface area contributed by atoms with E-state index in [0.29, 0.717) is 0 Å². The van der Waals surface area contributed by atoms with Gasteiger partial charge in [-0.25, -0.2) is 4.68 Å². The number of nitrogens with zero attached hydrogens (tertiary/aromatic N) is 5. The van der Waals surface area contributed by atoms with E-state index in [1.165, 1.54) is 0 Å². The number of amides is 1. The van der Waals surface area contributed by atoms with Crippen LogP contribution in [-0.2, 0) is 16.1 Å². The highest BCUT2D eigenvalue weighted by atomic mass is 16.5. The highest BCUT2D eigenvalue weighted by molar-refractivity contribution is 5.83. The lowest BCUT2D eigenvalue weighted by Crippen LogP contribution is -2.47. The molecule has 0 radical (unpaired) electrons. The maximum atomic E-state index is 12.9. The molecule has 0 aromatic carbocycles. The number of hydrogen-bond donors (Lipinski definition) is 0. The van der Waals surface area contributed by atoms with Gasteiger partial charge in [0.15, 0.2) is 5.82 Å². The van der Waals surface area contributed by atoms with E-state index in [-0.39, 0.29) is 17.4 Å². The van der Waals surface area contributed by atoms with Crippen LogP contribution in [0, 0.1) is 0 Å². The molecule has 1 atom stereocenters. The highest BCUT2D eigenvalue weighted by Crippen LogP contribution is 2.37. The first-order chi connectivity index (χ1) is 10.8. The van der Waals surface area contributed by atoms with Gasteiger partial charge in [0.1, 0.15) is 0 Å². The quantitative estimate of drug-likeness (QED) is 0.777. The molecule has 0 N–H and O–H groups in total. The van der Waals surface area contributed by atoms with Crippen molar-refractivity contribution in [2.24, 2.45) is 0 Å². The zero-order valence-corrected chi connectivity index (χ0v) is 12.9. The number of likely N-dealkylation sites (tertiary alicyclic amines) is 1. The van der Waals surface area contributed by atoms with Crippen LogP contribution in [0.4, 0.5) is 0 Å². The first-order valence-electron chi connectivity index (χ1n) is 8.46. The van der Waals surface area contributed by atoms with Gasteiger partial charge in [-0.2, -0.15) is 0 Å². The average molecular weight is 305 g/mol. The lowest BCUT2D eigenvalue weighted by atomic mass is 9.88. The summed E-state index contributed by atoms with van der Waals surface area (Å²) in [6, 6.07) is 0. The Labute approximate surface area is 130 Å². The average Bonchev–Trinajstić information content (AvgIpc) is 3.14. The molecule has 120 valence electrons. The van der Waals surface area contributed by atoms with Crippen LogP contribution in [0.15, 0.2) is 0 Å². The molecule has 1 aromatic rings. The monoisotopic (exact) mass is 305 g/mol. The van der Waals surface area contributed by atoms with Gasteiger partial charge < -0.3 is 9.64 Å². The van der Waals surface area contributed by atoms with Crippen molar-refractivity contribution in [3.05, 3.63) is 5.82 Å². The van der Waals surface area contributed by atoms with Gasteiger partial charge in [-0.05, 0) is 49.0 Å². The van der Waals surface area contributed by atoms with E-state index < -0.39 is 0 Å². The van der Waals surface area contributed by atoms with Crippen molar-refractivity contribution in [2.45, 2.75) is 63.0 Å². The normalized spacial score (nSPS) is 27.6. The van der Waals surface area contributed by atoms with Crippen LogP contribution in [0.25, 0.3) is 0 Å². The Morgan fingerprint density at radius 2 is 2.00 bits per heavy atom. The number of carbonyl (C=O) groups excluding carboxylic acids is 1. The van der Waals surface area contributed by atoms with E-state index >= 15 is 0 Å². The van der Waals surface area contributed by atoms with Gasteiger partial charge in [0.25, 0.3) is 0 Å². The molecule has 7 nitrogen and oxygen atoms in total. The van der Waals surface area contributed by atoms with Crippen LogP contribution in [0.3, 0.4) is 0 Å². The summed E-state index contributed by atoms with van der Waals surface area (Å²) in [7, 11) is 0. The number of ether oxygens (including phenoxy) is 1. The van der Waals surface area contributed by atoms with Crippen molar-refractivity contribution >= 4 is 5.91 Å². The fraction of sp³-hybridized carbons (Fsp3) is 0.867. The third-order valence-corrected chi connectivity index (χ3v) is 5.45. The van der Waals surface area contributed by atoms with Gasteiger partial charge in [-0.3, -0.25) is 4.79 Å². The first-order valence-corrected chi connectivity index (χ1v) is 8.46. The molecule has 1 amide bonds. The Hall–Kier alpha value is -1.50. The lowest BCUT2D eigenvalue weighted by Gasteiger charge is -2.39. The van der Waals surface area contributed by atoms with Crippen LogP contribution in [0.1, 0.15) is 56.7 Å². The third kappa shape index (κ3) is 2.41. The van der Waals surface area contributed by atoms with Crippen LogP contribution in [0.5, 0.6) is 0 Å². The molecule has 4 rings (SSSR count). The molecule has 3 aliphatic heterocycles. The van der Waals surface area contributed by atoms with Gasteiger partial charge in [-0.15, -0.1) is 5.10 Å². The van der Waals surface area contributed by atoms with Crippen molar-refractivity contribution in [3.63, 3.8) is 0 Å². The minimum atomic E-state index is -0.170. The molecule has 1 aromatic heterocycles. The molecule has 7 heteroatoms. The summed E-state index contributed by atoms with van der Waals surface area (Å²) in [4.78, 5) is 14.9. The number of aryl methyl sites for hydroxylation is 1. The maximum absolute atomic E-state index is 12.9. The summed E-state index contributed by atoms with van der Waals surface area (Å²) in [5, 5.41) is 11.9. The lowest BCUT2D eigenvalue weighted by molar-refractivity contribution is -0.138. The molecule has 0 bridgehead atoms. The minimum absolute atomic E-state index is 0.0574. The van der Waals surface area contributed by atoms with Gasteiger partial charge in [0.05, 0.1) is 11.5 Å². The van der Waals surface area contributed by atoms with E-state index in [1.807, 2.05) is 4.90 Å². The summed E-state index contributed by atoms with van der Waals surface area (Å²) in [5.74, 6) is 0.779. The number of tetrazole rings is 1. The van der Waals surface area contributed by atoms with Crippen LogP contribution < -0.4 is 0 Å². The van der Waals surface area contributed by atoms with Crippen molar-refractivity contribution in [1.29, 1.82) is 0 Å². The largest absolute Gasteiger partial charge is 0.375 e. The highest BCUT2D eigenvalue weighted by Gasteiger charge is 2.41. The molecule has 2 saturated heterocycles. The zero-order valence-electron chi connectivity index (χ0n) is 12.9. The standard InChI is InChI=1S/C15H23N5O2/c21-14(12-4-1-2-8-20-13(12)16-17-18-20)19-9-6-15(7-10-19)5-3-11-22-15/h12H,1-11H2. The summed E-state index contributed by atoms with van der Waals surface area (Å²) < 4.78 is 7.75. The molecular weight excluding hydrogens is 282 g/mol. The van der Waals surface area contributed by atoms with E-state index in [0.717, 1.165) is 77.0 Å². The maximum Gasteiger partial charge on any atom is 0.233 e. The van der Waals surface area contributed by atoms with Crippen LogP contribution >= 0.6 is 0 Å². The predicted molar refractivity (Wildman–Crippen MR) is 78.1 cm³/mol. The number of piperidine rings is 1. The molecule has 3 aliphatic rings. The van der Waals surface area contributed by atoms with Gasteiger partial charge in [0, 0.05) is 26.2 Å². The molecule has 1 spiro atoms. The van der Waals surface area contributed by atoms with Gasteiger partial charge >= 0.3 is 0 Å². The third-order valence-electron chi connectivity index (χ3n) is 5.45. The Morgan fingerprint density at radius 3 is 2.77 bits per heavy atom. The molecule has 2 fully saturated rings. The van der Waals surface area contributed by atoms with Crippen molar-refractivity contribution < 1.29 is 9.53 Å². The zero-order chi connectivity index (χ0) is 15.0. The Kier molecular flexibility index (Phi) is 3.60. The number of fused-ring (bicyclic) bond motifs is 1. The van der Waals surface area contributed by atoms with E-state index in [9.17, 15) is 4.79 Å². The summed E-state index contributed by atoms with van der Waals surface area (Å²) in [6.45, 7) is 3.31. The van der Waals surface area contributed by atoms with E-state index in [1.54, 1.807) is 4.68 Å². The Bertz CT molecular complexity index is 542. The first kappa shape index (κ1) is 14.1. The Balaban J connectivity index is 1.46. The van der Waals surface area contributed by atoms with Crippen molar-refractivity contribution in [3.8, 4) is 0 Å². The number of rotatable bonds is 1. The molecule has 0 aliphatic carbocycles. The van der Waals surface area contributed by atoms with E-state index in [4.69, 9.17) is 4.74 Å². The predicted octanol–water partition coefficient (Wildman–Crippen LogP) is 1.11. The van der Waals surface area contributed by atoms with Crippen LogP contribution in [0.2, 0.25) is 0 Å². The topological polar surface area (TPSA) is 73.1 Å². The number of hydrogen-bond acceptors (Lipinski definition) is 5. The van der Waals surface area contributed by atoms with Crippen molar-refractivity contribution in [2.75, 3.05) is 19.7 Å². The van der Waals surface area contributed by atoms with Gasteiger partial charge in [-0.1, -0.05) is 6.42 Å². The van der Waals surface area contributed by atoms with Gasteiger partial charge in [0.2, 0.25) is 5.91 Å². The summed E-state index contributed by atoms with van der Waals surface area (Å²) in [5.41, 5.74) is 0.0574. The van der Waals surface area contributed by atoms with E-state index in [2.05, 4.69) is 15.5 Å². The summed E-state index contributed by atoms with van der Waals surface area (Å²) in [6.07, 6.45) is 7.19. The second-order valence-electron chi connectivity index (χ2n) is 6.77. The molecular formula is C15H23N5O2. The number of carbonyl (C=O) groups is 1. The number of aromatic nitrogens is 4. The Morgan fingerprint density at radius 1 is 1.14 bits per heavy atom. The molecule has 1 unspecified atom stereocenters. The molecule has 4 heterocycles. The minimum Gasteiger partial charge on any atom is -0.375 e. The fourth-order valence-electron chi connectivity index (χ4n) is 4.10. The molecule has 22 heavy (non-hydrogen) atoms. The smallest absolute Gasteiger partial charge is 0.233 e. The second kappa shape index (κ2) is 5.61. The van der Waals surface area contributed by atoms with Crippen molar-refractivity contribution in [1.82, 2.24) is 25.1 Å². The van der Waals surface area contributed by atoms with Crippen LogP contribution in [-0.4, -0.2) is 56.3 Å². The molecule has 0 saturated carbocycles. The SMILES string of the molecule is O=C(C1CCCCn2nnnc21)N1CCC2(CCCO2)CC1. The summed E-state index contributed by atoms with van der Waals surface area (Å²) >= 11 is 0. The fourth-order valence-corrected chi connectivity index (χ4v) is 4.10. The second-order valence-corrected chi connectivity index (χ2v) is 6.77.